The van der Waals surface area contributed by atoms with Gasteiger partial charge in [0.1, 0.15) is 0 Å². The number of benzene rings is 1. The Kier molecular flexibility index (Phi) is 6.35. The molecule has 0 bridgehead atoms. The maximum atomic E-state index is 12.1. The highest BCUT2D eigenvalue weighted by Gasteiger charge is 2.20. The van der Waals surface area contributed by atoms with Gasteiger partial charge in [-0.25, -0.2) is 0 Å². The summed E-state index contributed by atoms with van der Waals surface area (Å²) in [6, 6.07) is 7.46. The molecule has 116 valence electrons. The Morgan fingerprint density at radius 2 is 2.05 bits per heavy atom. The van der Waals surface area contributed by atoms with Gasteiger partial charge in [-0.15, -0.1) is 0 Å². The van der Waals surface area contributed by atoms with E-state index in [2.05, 4.69) is 5.32 Å². The standard InChI is InChI=1S/C15H22N2O3S/c16-11-12-3-1-2-4-14(12)17-15(18)7-10-21(19)13-5-8-20-9-6-13/h1-4,13H,5-11,16H2,(H,17,18). The fraction of sp³-hybridized carbons (Fsp3) is 0.533. The number of rotatable bonds is 6. The summed E-state index contributed by atoms with van der Waals surface area (Å²) in [4.78, 5) is 12.0. The van der Waals surface area contributed by atoms with E-state index >= 15 is 0 Å². The van der Waals surface area contributed by atoms with Gasteiger partial charge in [0.15, 0.2) is 0 Å². The smallest absolute Gasteiger partial charge is 0.225 e. The van der Waals surface area contributed by atoms with Crippen molar-refractivity contribution in [3.63, 3.8) is 0 Å². The van der Waals surface area contributed by atoms with E-state index in [9.17, 15) is 9.00 Å². The molecule has 1 fully saturated rings. The predicted octanol–water partition coefficient (Wildman–Crippen LogP) is 1.40. The van der Waals surface area contributed by atoms with Gasteiger partial charge in [-0.1, -0.05) is 18.2 Å². The van der Waals surface area contributed by atoms with Crippen LogP contribution in [0.4, 0.5) is 5.69 Å². The van der Waals surface area contributed by atoms with Crippen LogP contribution in [0.25, 0.3) is 0 Å². The Hall–Kier alpha value is -1.24. The fourth-order valence-electron chi connectivity index (χ4n) is 2.33. The van der Waals surface area contributed by atoms with Crippen LogP contribution in [0, 0.1) is 0 Å². The molecule has 0 aliphatic carbocycles. The molecule has 1 heterocycles. The third-order valence-corrected chi connectivity index (χ3v) is 5.40. The summed E-state index contributed by atoms with van der Waals surface area (Å²) in [7, 11) is -0.958. The molecule has 21 heavy (non-hydrogen) atoms. The van der Waals surface area contributed by atoms with Crippen LogP contribution in [0.1, 0.15) is 24.8 Å². The lowest BCUT2D eigenvalue weighted by molar-refractivity contribution is -0.115. The van der Waals surface area contributed by atoms with Gasteiger partial charge in [0, 0.05) is 53.7 Å². The number of carbonyl (C=O) groups excluding carboxylic acids is 1. The summed E-state index contributed by atoms with van der Waals surface area (Å²) in [6.07, 6.45) is 1.91. The molecular weight excluding hydrogens is 288 g/mol. The van der Waals surface area contributed by atoms with E-state index < -0.39 is 10.8 Å². The van der Waals surface area contributed by atoms with Crippen LogP contribution >= 0.6 is 0 Å². The summed E-state index contributed by atoms with van der Waals surface area (Å²) >= 11 is 0. The molecule has 1 aliphatic heterocycles. The molecule has 3 N–H and O–H groups in total. The first-order valence-electron chi connectivity index (χ1n) is 7.23. The van der Waals surface area contributed by atoms with Crippen molar-refractivity contribution in [2.75, 3.05) is 24.3 Å². The van der Waals surface area contributed by atoms with Crippen LogP contribution in [0.15, 0.2) is 24.3 Å². The minimum atomic E-state index is -0.958. The lowest BCUT2D eigenvalue weighted by Crippen LogP contribution is -2.27. The van der Waals surface area contributed by atoms with E-state index in [-0.39, 0.29) is 17.6 Å². The van der Waals surface area contributed by atoms with Gasteiger partial charge < -0.3 is 15.8 Å². The topological polar surface area (TPSA) is 81.4 Å². The number of hydrogen-bond donors (Lipinski definition) is 2. The fourth-order valence-corrected chi connectivity index (χ4v) is 3.77. The van der Waals surface area contributed by atoms with Crippen molar-refractivity contribution in [3.8, 4) is 0 Å². The third kappa shape index (κ3) is 4.91. The molecule has 1 aromatic rings. The third-order valence-electron chi connectivity index (χ3n) is 3.58. The van der Waals surface area contributed by atoms with Gasteiger partial charge in [-0.3, -0.25) is 9.00 Å². The van der Waals surface area contributed by atoms with Gasteiger partial charge >= 0.3 is 0 Å². The van der Waals surface area contributed by atoms with Crippen LogP contribution in [-0.4, -0.2) is 34.3 Å². The first kappa shape index (κ1) is 16.1. The maximum Gasteiger partial charge on any atom is 0.225 e. The molecule has 1 atom stereocenters. The quantitative estimate of drug-likeness (QED) is 0.832. The van der Waals surface area contributed by atoms with Crippen LogP contribution in [0.2, 0.25) is 0 Å². The first-order chi connectivity index (χ1) is 10.2. The number of hydrogen-bond acceptors (Lipinski definition) is 4. The number of para-hydroxylation sites is 1. The van der Waals surface area contributed by atoms with Crippen LogP contribution in [0.5, 0.6) is 0 Å². The number of ether oxygens (including phenoxy) is 1. The summed E-state index contributed by atoms with van der Waals surface area (Å²) in [5.74, 6) is 0.290. The number of nitrogens with one attached hydrogen (secondary N) is 1. The zero-order chi connectivity index (χ0) is 15.1. The maximum absolute atomic E-state index is 12.1. The van der Waals surface area contributed by atoms with E-state index in [1.165, 1.54) is 0 Å². The molecule has 1 aliphatic rings. The van der Waals surface area contributed by atoms with Crippen molar-refractivity contribution < 1.29 is 13.7 Å². The number of amides is 1. The molecule has 1 unspecified atom stereocenters. The zero-order valence-corrected chi connectivity index (χ0v) is 12.9. The summed E-state index contributed by atoms with van der Waals surface area (Å²) in [5, 5.41) is 3.01. The Bertz CT molecular complexity index is 501. The lowest BCUT2D eigenvalue weighted by atomic mass is 10.2. The van der Waals surface area contributed by atoms with Gasteiger partial charge in [-0.2, -0.15) is 0 Å². The number of anilines is 1. The van der Waals surface area contributed by atoms with Crippen molar-refractivity contribution in [1.29, 1.82) is 0 Å². The van der Waals surface area contributed by atoms with Gasteiger partial charge in [0.2, 0.25) is 5.91 Å². The van der Waals surface area contributed by atoms with Crippen molar-refractivity contribution in [1.82, 2.24) is 0 Å². The van der Waals surface area contributed by atoms with Gasteiger partial charge in [0.05, 0.1) is 0 Å². The highest BCUT2D eigenvalue weighted by Crippen LogP contribution is 2.16. The monoisotopic (exact) mass is 310 g/mol. The van der Waals surface area contributed by atoms with Gasteiger partial charge in [0.25, 0.3) is 0 Å². The molecule has 6 heteroatoms. The second kappa shape index (κ2) is 8.26. The Morgan fingerprint density at radius 3 is 2.76 bits per heavy atom. The second-order valence-electron chi connectivity index (χ2n) is 5.06. The van der Waals surface area contributed by atoms with Crippen LogP contribution in [-0.2, 0) is 26.9 Å². The van der Waals surface area contributed by atoms with Crippen molar-refractivity contribution in [2.24, 2.45) is 5.73 Å². The predicted molar refractivity (Wildman–Crippen MR) is 84.4 cm³/mol. The summed E-state index contributed by atoms with van der Waals surface area (Å²) < 4.78 is 17.4. The summed E-state index contributed by atoms with van der Waals surface area (Å²) in [6.45, 7) is 1.73. The van der Waals surface area contributed by atoms with E-state index in [0.29, 0.717) is 25.5 Å². The molecule has 2 rings (SSSR count). The molecule has 0 aromatic heterocycles. The van der Waals surface area contributed by atoms with E-state index in [0.717, 1.165) is 24.1 Å². The molecule has 1 amide bonds. The lowest BCUT2D eigenvalue weighted by Gasteiger charge is -2.21. The van der Waals surface area contributed by atoms with Crippen molar-refractivity contribution in [2.45, 2.75) is 31.1 Å². The Balaban J connectivity index is 1.80. The van der Waals surface area contributed by atoms with E-state index in [4.69, 9.17) is 10.5 Å². The highest BCUT2D eigenvalue weighted by atomic mass is 32.2. The minimum absolute atomic E-state index is 0.115. The van der Waals surface area contributed by atoms with Crippen LogP contribution in [0.3, 0.4) is 0 Å². The van der Waals surface area contributed by atoms with Gasteiger partial charge in [-0.05, 0) is 24.5 Å². The van der Waals surface area contributed by atoms with E-state index in [1.807, 2.05) is 24.3 Å². The normalized spacial score (nSPS) is 17.4. The molecule has 0 spiro atoms. The molecule has 5 nitrogen and oxygen atoms in total. The van der Waals surface area contributed by atoms with Crippen molar-refractivity contribution in [3.05, 3.63) is 29.8 Å². The molecule has 0 radical (unpaired) electrons. The molecule has 0 saturated carbocycles. The second-order valence-corrected chi connectivity index (χ2v) is 6.89. The average Bonchev–Trinajstić information content (AvgIpc) is 2.54. The molecule has 1 saturated heterocycles. The zero-order valence-electron chi connectivity index (χ0n) is 12.0. The van der Waals surface area contributed by atoms with Crippen molar-refractivity contribution >= 4 is 22.4 Å². The highest BCUT2D eigenvalue weighted by molar-refractivity contribution is 7.85. The largest absolute Gasteiger partial charge is 0.381 e. The van der Waals surface area contributed by atoms with Crippen LogP contribution < -0.4 is 11.1 Å². The molecule has 1 aromatic carbocycles. The Morgan fingerprint density at radius 1 is 1.33 bits per heavy atom. The first-order valence-corrected chi connectivity index (χ1v) is 8.61. The average molecular weight is 310 g/mol. The summed E-state index contributed by atoms with van der Waals surface area (Å²) in [5.41, 5.74) is 7.27. The Labute approximate surface area is 127 Å². The van der Waals surface area contributed by atoms with E-state index in [1.54, 1.807) is 0 Å². The molecular formula is C15H22N2O3S. The number of carbonyl (C=O) groups is 1. The minimum Gasteiger partial charge on any atom is -0.381 e. The SMILES string of the molecule is NCc1ccccc1NC(=O)CCS(=O)C1CCOCC1. The number of nitrogens with two attached hydrogens (primary N) is 1.